The van der Waals surface area contributed by atoms with E-state index in [2.05, 4.69) is 106 Å². The fourth-order valence-corrected chi connectivity index (χ4v) is 14.3. The molecule has 0 fully saturated rings. The molecule has 10 rings (SSSR count). The Kier molecular flexibility index (Phi) is 9.82. The molecule has 8 aromatic rings. The van der Waals surface area contributed by atoms with E-state index in [1.165, 1.54) is 28.3 Å². The van der Waals surface area contributed by atoms with Gasteiger partial charge in [-0.25, -0.2) is 0 Å². The zero-order valence-electron chi connectivity index (χ0n) is 32.0. The van der Waals surface area contributed by atoms with Crippen LogP contribution in [0, 0.1) is 0 Å². The van der Waals surface area contributed by atoms with Gasteiger partial charge in [0.05, 0.1) is 5.41 Å². The molecule has 0 amide bonds. The van der Waals surface area contributed by atoms with Gasteiger partial charge in [-0.05, 0) is 56.6 Å². The van der Waals surface area contributed by atoms with Crippen molar-refractivity contribution < 1.29 is 9.13 Å². The number of hydrogen-bond acceptors (Lipinski definition) is 3. The normalized spacial score (nSPS) is 13.2. The summed E-state index contributed by atoms with van der Waals surface area (Å²) in [4.78, 5) is 0. The van der Waals surface area contributed by atoms with Crippen molar-refractivity contribution in [1.29, 1.82) is 1.34 Å². The van der Waals surface area contributed by atoms with Gasteiger partial charge >= 0.3 is 35.4 Å². The summed E-state index contributed by atoms with van der Waals surface area (Å²) in [6, 6.07) is 71.2. The van der Waals surface area contributed by atoms with Crippen LogP contribution in [0.5, 0.6) is 0 Å². The van der Waals surface area contributed by atoms with Gasteiger partial charge in [-0.3, -0.25) is 0 Å². The molecule has 1 spiro atoms. The first-order chi connectivity index (χ1) is 28.3. The van der Waals surface area contributed by atoms with Gasteiger partial charge < -0.3 is 9.13 Å². The standard InChI is InChI=1S/C49H34O2P2.B2H3PS/c50-52(35-17-5-1-6-18-35,36-19-7-2-8-20-36)39-29-31-47-43(33-39)44-34-40(53(51,37-21-9-3-10-22-37)38-23-11-4-12-24-38)30-32-48(44)49(47)45-27-15-13-25-41(45)42-26-14-16-28-46(42)49;3-1-2-4/h1-34H;1H,3H2/i;1D. The van der Waals surface area contributed by atoms with E-state index in [1.54, 1.807) is 0 Å². The van der Waals surface area contributed by atoms with Crippen molar-refractivity contribution in [3.8, 4) is 22.3 Å². The third-order valence-corrected chi connectivity index (χ3v) is 18.1. The molecule has 0 aromatic heterocycles. The van der Waals surface area contributed by atoms with Crippen LogP contribution < -0.4 is 31.8 Å². The summed E-state index contributed by atoms with van der Waals surface area (Å²) in [5, 5.41) is 4.72. The summed E-state index contributed by atoms with van der Waals surface area (Å²) in [6.45, 7) is -0.259. The van der Waals surface area contributed by atoms with Crippen molar-refractivity contribution in [3.63, 3.8) is 0 Å². The molecular weight excluding hydrogens is 767 g/mol. The molecule has 0 saturated carbocycles. The summed E-state index contributed by atoms with van der Waals surface area (Å²) in [5.41, 5.74) is 8.62. The van der Waals surface area contributed by atoms with Crippen LogP contribution in [0.25, 0.3) is 22.3 Å². The number of benzene rings is 8. The van der Waals surface area contributed by atoms with Gasteiger partial charge in [-0.2, -0.15) is 0 Å². The number of fused-ring (bicyclic) bond motifs is 10. The first kappa shape index (κ1) is 36.3. The van der Waals surface area contributed by atoms with Crippen molar-refractivity contribution in [2.24, 2.45) is 0 Å². The number of rotatable bonds is 7. The fourth-order valence-electron chi connectivity index (χ4n) is 8.96. The topological polar surface area (TPSA) is 34.1 Å². The minimum atomic E-state index is -3.29. The first-order valence-electron chi connectivity index (χ1n) is 19.5. The molecule has 2 nitrogen and oxygen atoms in total. The van der Waals surface area contributed by atoms with E-state index in [-0.39, 0.29) is 6.85 Å². The van der Waals surface area contributed by atoms with Gasteiger partial charge in [0.15, 0.2) is 14.3 Å². The van der Waals surface area contributed by atoms with Crippen molar-refractivity contribution in [2.75, 3.05) is 0 Å². The van der Waals surface area contributed by atoms with Crippen molar-refractivity contribution in [2.45, 2.75) is 5.41 Å². The van der Waals surface area contributed by atoms with Crippen LogP contribution in [0.15, 0.2) is 206 Å². The molecule has 0 N–H and O–H groups in total. The molecule has 57 heavy (non-hydrogen) atoms. The molecule has 8 heteroatoms. The summed E-state index contributed by atoms with van der Waals surface area (Å²) in [7, 11) is -4.34. The molecule has 2 aliphatic carbocycles. The Labute approximate surface area is 345 Å². The molecule has 2 aliphatic rings. The quantitative estimate of drug-likeness (QED) is 0.119. The van der Waals surface area contributed by atoms with Gasteiger partial charge in [0, 0.05) is 31.8 Å². The average molecular weight is 805 g/mol. The SMILES string of the molecule is O=P(c1ccccc1)(c1ccccc1)c1ccc2c(c1)-c1cc(P(=O)(c3ccccc3)c3ccccc3)ccc1C21c2ccccc2-c2ccccc21.[2H]B(P)B=S. The third-order valence-electron chi connectivity index (χ3n) is 11.3. The van der Waals surface area contributed by atoms with Gasteiger partial charge in [-0.15, -0.1) is 0 Å². The first-order valence-corrected chi connectivity index (χ1v) is 23.4. The molecule has 8 aromatic carbocycles. The second-order valence-electron chi connectivity index (χ2n) is 14.2. The zero-order chi connectivity index (χ0) is 39.9. The van der Waals surface area contributed by atoms with E-state index >= 15 is 9.13 Å². The minimum absolute atomic E-state index is 0.259. The van der Waals surface area contributed by atoms with Gasteiger partial charge in [0.1, 0.15) is 0 Å². The molecule has 0 bridgehead atoms. The molecular formula is C49H37B2O2P3S. The molecule has 0 aliphatic heterocycles. The van der Waals surface area contributed by atoms with E-state index in [0.717, 1.165) is 54.1 Å². The summed E-state index contributed by atoms with van der Waals surface area (Å²) < 4.78 is 38.2. The summed E-state index contributed by atoms with van der Waals surface area (Å²) in [5.74, 6) is 0. The number of hydrogen-bond donors (Lipinski definition) is 0. The van der Waals surface area contributed by atoms with Crippen LogP contribution in [0.3, 0.4) is 0 Å². The Hall–Kier alpha value is -5.00. The van der Waals surface area contributed by atoms with E-state index in [1.807, 2.05) is 121 Å². The molecule has 0 saturated heterocycles. The van der Waals surface area contributed by atoms with Crippen LogP contribution >= 0.6 is 35.5 Å². The second-order valence-corrected chi connectivity index (χ2v) is 20.4. The third kappa shape index (κ3) is 5.91. The molecule has 1 atom stereocenters. The van der Waals surface area contributed by atoms with Crippen molar-refractivity contribution in [1.82, 2.24) is 0 Å². The maximum atomic E-state index is 15.8. The second kappa shape index (κ2) is 15.4. The summed E-state index contributed by atoms with van der Waals surface area (Å²) in [6.07, 6.45) is 0. The Morgan fingerprint density at radius 1 is 0.421 bits per heavy atom. The van der Waals surface area contributed by atoms with Crippen LogP contribution in [-0.4, -0.2) is 14.2 Å². The Morgan fingerprint density at radius 2 is 0.702 bits per heavy atom. The van der Waals surface area contributed by atoms with E-state index in [4.69, 9.17) is 1.34 Å². The van der Waals surface area contributed by atoms with Crippen LogP contribution in [0.2, 0.25) is 0 Å². The maximum absolute atomic E-state index is 15.8. The predicted molar refractivity (Wildman–Crippen MR) is 252 cm³/mol. The Balaban J connectivity index is 0.000000823. The molecule has 0 heterocycles. The van der Waals surface area contributed by atoms with E-state index < -0.39 is 19.7 Å². The van der Waals surface area contributed by atoms with Gasteiger partial charge in [-0.1, -0.05) is 194 Å². The van der Waals surface area contributed by atoms with Crippen LogP contribution in [-0.2, 0) is 14.5 Å². The Morgan fingerprint density at radius 3 is 1.02 bits per heavy atom. The fraction of sp³-hybridized carbons (Fsp3) is 0.0204. The predicted octanol–water partition coefficient (Wildman–Crippen LogP) is 9.25. The average Bonchev–Trinajstić information content (AvgIpc) is 3.76. The van der Waals surface area contributed by atoms with Gasteiger partial charge in [0.2, 0.25) is 0 Å². The zero-order valence-corrected chi connectivity index (χ0v) is 34.7. The van der Waals surface area contributed by atoms with Gasteiger partial charge in [0.25, 0.3) is 0 Å². The van der Waals surface area contributed by atoms with E-state index in [9.17, 15) is 0 Å². The molecule has 0 radical (unpaired) electrons. The van der Waals surface area contributed by atoms with E-state index in [0.29, 0.717) is 0 Å². The van der Waals surface area contributed by atoms with Crippen molar-refractivity contribution in [3.05, 3.63) is 229 Å². The van der Waals surface area contributed by atoms with Crippen molar-refractivity contribution >= 4 is 80.2 Å². The molecule has 272 valence electrons. The molecule has 1 unspecified atom stereocenters. The summed E-state index contributed by atoms with van der Waals surface area (Å²) >= 11 is 4.34. The van der Waals surface area contributed by atoms with Crippen LogP contribution in [0.1, 0.15) is 22.3 Å². The monoisotopic (exact) mass is 805 g/mol. The van der Waals surface area contributed by atoms with Crippen LogP contribution in [0.4, 0.5) is 0 Å². The Bertz CT molecular complexity index is 2630.